The van der Waals surface area contributed by atoms with Gasteiger partial charge < -0.3 is 5.11 Å². The maximum Gasteiger partial charge on any atom is 0.260 e. The second kappa shape index (κ2) is 3.54. The molecule has 0 amide bonds. The lowest BCUT2D eigenvalue weighted by Gasteiger charge is -2.44. The highest BCUT2D eigenvalue weighted by Gasteiger charge is 2.46. The van der Waals surface area contributed by atoms with Gasteiger partial charge in [-0.1, -0.05) is 6.92 Å². The molecule has 6 nitrogen and oxygen atoms in total. The minimum atomic E-state index is -3.50. The molecule has 90 valence electrons. The van der Waals surface area contributed by atoms with E-state index in [-0.39, 0.29) is 18.1 Å². The monoisotopic (exact) mass is 245 g/mol. The van der Waals surface area contributed by atoms with Crippen molar-refractivity contribution < 1.29 is 13.5 Å². The zero-order chi connectivity index (χ0) is 12.0. The average molecular weight is 245 g/mol. The Morgan fingerprint density at radius 2 is 2.19 bits per heavy atom. The van der Waals surface area contributed by atoms with Crippen molar-refractivity contribution in [1.82, 2.24) is 14.1 Å². The quantitative estimate of drug-likeness (QED) is 0.783. The summed E-state index contributed by atoms with van der Waals surface area (Å²) < 4.78 is 26.7. The standard InChI is InChI=1S/C9H15N3O3S/c1-3-9(13)6-12(7-9)16(14,15)8-4-5-10-11(8)2/h4-5,13H,3,6-7H2,1-2H3. The predicted molar refractivity (Wildman–Crippen MR) is 57.2 cm³/mol. The van der Waals surface area contributed by atoms with E-state index in [2.05, 4.69) is 5.10 Å². The number of aliphatic hydroxyl groups is 1. The van der Waals surface area contributed by atoms with Crippen molar-refractivity contribution in [2.24, 2.45) is 7.05 Å². The van der Waals surface area contributed by atoms with Crippen molar-refractivity contribution >= 4 is 10.0 Å². The normalized spacial score (nSPS) is 20.7. The molecule has 1 aromatic rings. The van der Waals surface area contributed by atoms with Crippen molar-refractivity contribution in [3.63, 3.8) is 0 Å². The largest absolute Gasteiger partial charge is 0.387 e. The molecule has 1 aromatic heterocycles. The molecule has 7 heteroatoms. The molecule has 0 bridgehead atoms. The van der Waals surface area contributed by atoms with Gasteiger partial charge in [-0.2, -0.15) is 9.40 Å². The Morgan fingerprint density at radius 3 is 2.62 bits per heavy atom. The minimum absolute atomic E-state index is 0.158. The van der Waals surface area contributed by atoms with Crippen LogP contribution in [0.4, 0.5) is 0 Å². The van der Waals surface area contributed by atoms with Crippen molar-refractivity contribution in [2.75, 3.05) is 13.1 Å². The van der Waals surface area contributed by atoms with Gasteiger partial charge in [-0.05, 0) is 12.5 Å². The first-order valence-corrected chi connectivity index (χ1v) is 6.53. The Bertz CT molecular complexity index is 488. The van der Waals surface area contributed by atoms with Gasteiger partial charge in [0.05, 0.1) is 11.8 Å². The molecule has 1 N–H and O–H groups in total. The molecule has 0 radical (unpaired) electrons. The summed E-state index contributed by atoms with van der Waals surface area (Å²) in [6.45, 7) is 2.17. The first-order chi connectivity index (χ1) is 7.39. The van der Waals surface area contributed by atoms with Crippen molar-refractivity contribution in [1.29, 1.82) is 0 Å². The lowest BCUT2D eigenvalue weighted by molar-refractivity contribution is -0.0615. The molecule has 1 aliphatic heterocycles. The Balaban J connectivity index is 2.21. The van der Waals surface area contributed by atoms with E-state index in [1.165, 1.54) is 21.3 Å². The number of nitrogens with zero attached hydrogens (tertiary/aromatic N) is 3. The highest BCUT2D eigenvalue weighted by atomic mass is 32.2. The Labute approximate surface area is 94.5 Å². The molecule has 2 heterocycles. The van der Waals surface area contributed by atoms with E-state index in [1.54, 1.807) is 7.05 Å². The first-order valence-electron chi connectivity index (χ1n) is 5.09. The molecule has 0 unspecified atom stereocenters. The van der Waals surface area contributed by atoms with E-state index in [1.807, 2.05) is 6.92 Å². The molecule has 1 aliphatic rings. The zero-order valence-corrected chi connectivity index (χ0v) is 10.1. The number of rotatable bonds is 3. The number of hydrogen-bond donors (Lipinski definition) is 1. The van der Waals surface area contributed by atoms with Crippen LogP contribution in [0.2, 0.25) is 0 Å². The van der Waals surface area contributed by atoms with Gasteiger partial charge >= 0.3 is 0 Å². The molecule has 16 heavy (non-hydrogen) atoms. The highest BCUT2D eigenvalue weighted by molar-refractivity contribution is 7.89. The van der Waals surface area contributed by atoms with Crippen LogP contribution in [0.3, 0.4) is 0 Å². The number of β-amino-alcohol motifs (C(OH)–C–C–N with tert-alkyl or cyclic N) is 1. The summed E-state index contributed by atoms with van der Waals surface area (Å²) >= 11 is 0. The fraction of sp³-hybridized carbons (Fsp3) is 0.667. The maximum atomic E-state index is 12.1. The summed E-state index contributed by atoms with van der Waals surface area (Å²) in [7, 11) is -1.91. The highest BCUT2D eigenvalue weighted by Crippen LogP contribution is 2.29. The molecule has 1 fully saturated rings. The van der Waals surface area contributed by atoms with Crippen LogP contribution in [0.15, 0.2) is 17.3 Å². The number of hydrogen-bond acceptors (Lipinski definition) is 4. The third kappa shape index (κ3) is 1.64. The second-order valence-corrected chi connectivity index (χ2v) is 6.03. The molecule has 2 rings (SSSR count). The SMILES string of the molecule is CCC1(O)CN(S(=O)(=O)c2ccnn2C)C1. The zero-order valence-electron chi connectivity index (χ0n) is 9.29. The van der Waals surface area contributed by atoms with Gasteiger partial charge in [0.2, 0.25) is 0 Å². The summed E-state index contributed by atoms with van der Waals surface area (Å²) in [5.74, 6) is 0. The van der Waals surface area contributed by atoms with E-state index in [9.17, 15) is 13.5 Å². The lowest BCUT2D eigenvalue weighted by Crippen LogP contribution is -2.63. The van der Waals surface area contributed by atoms with Crippen LogP contribution in [0, 0.1) is 0 Å². The van der Waals surface area contributed by atoms with E-state index >= 15 is 0 Å². The molecule has 0 aromatic carbocycles. The molecule has 0 spiro atoms. The average Bonchev–Trinajstić information content (AvgIpc) is 2.60. The second-order valence-electron chi connectivity index (χ2n) is 4.14. The van der Waals surface area contributed by atoms with Crippen LogP contribution in [0.25, 0.3) is 0 Å². The minimum Gasteiger partial charge on any atom is -0.387 e. The van der Waals surface area contributed by atoms with Crippen molar-refractivity contribution in [3.05, 3.63) is 12.3 Å². The molecule has 1 saturated heterocycles. The Morgan fingerprint density at radius 1 is 1.56 bits per heavy atom. The fourth-order valence-electron chi connectivity index (χ4n) is 1.75. The topological polar surface area (TPSA) is 75.4 Å². The van der Waals surface area contributed by atoms with Crippen LogP contribution in [-0.4, -0.2) is 46.3 Å². The van der Waals surface area contributed by atoms with Crippen LogP contribution in [0.5, 0.6) is 0 Å². The third-order valence-corrected chi connectivity index (χ3v) is 4.85. The third-order valence-electron chi connectivity index (χ3n) is 2.98. The van der Waals surface area contributed by atoms with Gasteiger partial charge in [0.25, 0.3) is 10.0 Å². The maximum absolute atomic E-state index is 12.1. The van der Waals surface area contributed by atoms with Crippen molar-refractivity contribution in [2.45, 2.75) is 24.0 Å². The van der Waals surface area contributed by atoms with E-state index in [0.717, 1.165) is 0 Å². The van der Waals surface area contributed by atoms with Gasteiger partial charge in [-0.3, -0.25) is 4.68 Å². The smallest absolute Gasteiger partial charge is 0.260 e. The van der Waals surface area contributed by atoms with Gasteiger partial charge in [0.1, 0.15) is 0 Å². The summed E-state index contributed by atoms with van der Waals surface area (Å²) in [6, 6.07) is 1.46. The Kier molecular flexibility index (Phi) is 2.56. The lowest BCUT2D eigenvalue weighted by atomic mass is 9.94. The van der Waals surface area contributed by atoms with Crippen LogP contribution >= 0.6 is 0 Å². The number of aromatic nitrogens is 2. The molecule has 0 saturated carbocycles. The molecule has 0 atom stereocenters. The van der Waals surface area contributed by atoms with Gasteiger partial charge in [-0.25, -0.2) is 8.42 Å². The summed E-state index contributed by atoms with van der Waals surface area (Å²) in [4.78, 5) is 0. The van der Waals surface area contributed by atoms with E-state index in [0.29, 0.717) is 6.42 Å². The van der Waals surface area contributed by atoms with Crippen LogP contribution in [0.1, 0.15) is 13.3 Å². The van der Waals surface area contributed by atoms with Crippen LogP contribution < -0.4 is 0 Å². The van der Waals surface area contributed by atoms with E-state index in [4.69, 9.17) is 0 Å². The summed E-state index contributed by atoms with van der Waals surface area (Å²) in [6.07, 6.45) is 2.00. The summed E-state index contributed by atoms with van der Waals surface area (Å²) in [5, 5.41) is 13.8. The van der Waals surface area contributed by atoms with Gasteiger partial charge in [0.15, 0.2) is 5.03 Å². The summed E-state index contributed by atoms with van der Waals surface area (Å²) in [5.41, 5.74) is -0.855. The van der Waals surface area contributed by atoms with E-state index < -0.39 is 15.6 Å². The predicted octanol–water partition coefficient (Wildman–Crippen LogP) is -0.434. The number of sulfonamides is 1. The van der Waals surface area contributed by atoms with Crippen LogP contribution in [-0.2, 0) is 17.1 Å². The molecular weight excluding hydrogens is 230 g/mol. The van der Waals surface area contributed by atoms with Gasteiger partial charge in [-0.15, -0.1) is 0 Å². The molecule has 0 aliphatic carbocycles. The Hall–Kier alpha value is -0.920. The first kappa shape index (κ1) is 11.6. The number of aryl methyl sites for hydroxylation is 1. The van der Waals surface area contributed by atoms with Crippen molar-refractivity contribution in [3.8, 4) is 0 Å². The fourth-order valence-corrected chi connectivity index (χ4v) is 3.45. The molecular formula is C9H15N3O3S. The van der Waals surface area contributed by atoms with Gasteiger partial charge in [0, 0.05) is 20.1 Å².